The van der Waals surface area contributed by atoms with Gasteiger partial charge >= 0.3 is 0 Å². The third-order valence-corrected chi connectivity index (χ3v) is 4.27. The van der Waals surface area contributed by atoms with Crippen LogP contribution in [0.15, 0.2) is 16.6 Å². The Morgan fingerprint density at radius 1 is 1.53 bits per heavy atom. The van der Waals surface area contributed by atoms with Crippen LogP contribution in [0.2, 0.25) is 5.02 Å². The Hall–Kier alpha value is -0.120. The van der Waals surface area contributed by atoms with Crippen LogP contribution in [0.3, 0.4) is 0 Å². The minimum atomic E-state index is -0.292. The van der Waals surface area contributed by atoms with Gasteiger partial charge in [-0.1, -0.05) is 24.6 Å². The van der Waals surface area contributed by atoms with Gasteiger partial charge in [0.25, 0.3) is 0 Å². The molecule has 1 N–H and O–H groups in total. The highest BCUT2D eigenvalue weighted by Gasteiger charge is 2.21. The summed E-state index contributed by atoms with van der Waals surface area (Å²) >= 11 is 9.09. The van der Waals surface area contributed by atoms with Gasteiger partial charge in [0.2, 0.25) is 0 Å². The molecule has 1 unspecified atom stereocenters. The first-order valence-electron chi connectivity index (χ1n) is 5.93. The third kappa shape index (κ3) is 3.67. The number of halogens is 3. The van der Waals surface area contributed by atoms with Crippen LogP contribution >= 0.6 is 27.5 Å². The van der Waals surface area contributed by atoms with E-state index in [0.717, 1.165) is 13.0 Å². The van der Waals surface area contributed by atoms with Crippen molar-refractivity contribution in [3.8, 4) is 0 Å². The maximum absolute atomic E-state index is 13.9. The Morgan fingerprint density at radius 3 is 2.88 bits per heavy atom. The first-order valence-corrected chi connectivity index (χ1v) is 7.10. The fourth-order valence-corrected chi connectivity index (χ4v) is 2.32. The molecule has 1 nitrogen and oxygen atoms in total. The molecule has 0 amide bonds. The summed E-state index contributed by atoms with van der Waals surface area (Å²) in [5, 5.41) is 3.64. The number of nitrogens with one attached hydrogen (secondary N) is 1. The predicted octanol–water partition coefficient (Wildman–Crippen LogP) is 4.17. The molecule has 0 radical (unpaired) electrons. The second kappa shape index (κ2) is 5.68. The predicted molar refractivity (Wildman–Crippen MR) is 73.0 cm³/mol. The van der Waals surface area contributed by atoms with E-state index in [1.807, 2.05) is 6.07 Å². The first kappa shape index (κ1) is 13.3. The standard InChI is InChI=1S/C13H16BrClFN/c1-8(7-17-10-3-4-10)6-9-2-5-11(14)12(15)13(9)16/h2,5,8,10,17H,3-4,6-7H2,1H3. The summed E-state index contributed by atoms with van der Waals surface area (Å²) in [7, 11) is 0. The lowest BCUT2D eigenvalue weighted by Crippen LogP contribution is -2.24. The molecule has 1 atom stereocenters. The molecule has 4 heteroatoms. The second-order valence-corrected chi connectivity index (χ2v) is 6.06. The molecule has 1 aromatic carbocycles. The zero-order valence-corrected chi connectivity index (χ0v) is 12.1. The van der Waals surface area contributed by atoms with Crippen molar-refractivity contribution in [3.63, 3.8) is 0 Å². The van der Waals surface area contributed by atoms with E-state index < -0.39 is 0 Å². The Morgan fingerprint density at radius 2 is 2.24 bits per heavy atom. The van der Waals surface area contributed by atoms with Gasteiger partial charge in [0.15, 0.2) is 0 Å². The van der Waals surface area contributed by atoms with Gasteiger partial charge in [0, 0.05) is 10.5 Å². The Balaban J connectivity index is 1.94. The van der Waals surface area contributed by atoms with E-state index in [4.69, 9.17) is 11.6 Å². The summed E-state index contributed by atoms with van der Waals surface area (Å²) in [4.78, 5) is 0. The Bertz CT molecular complexity index is 407. The van der Waals surface area contributed by atoms with Crippen LogP contribution in [0.25, 0.3) is 0 Å². The maximum atomic E-state index is 13.9. The van der Waals surface area contributed by atoms with Crippen molar-refractivity contribution in [2.75, 3.05) is 6.54 Å². The second-order valence-electron chi connectivity index (χ2n) is 4.83. The van der Waals surface area contributed by atoms with E-state index in [1.165, 1.54) is 12.8 Å². The molecule has 94 valence electrons. The summed E-state index contributed by atoms with van der Waals surface area (Å²) in [5.41, 5.74) is 0.697. The zero-order chi connectivity index (χ0) is 12.4. The van der Waals surface area contributed by atoms with E-state index in [2.05, 4.69) is 28.2 Å². The lowest BCUT2D eigenvalue weighted by molar-refractivity contribution is 0.495. The van der Waals surface area contributed by atoms with Gasteiger partial charge in [-0.2, -0.15) is 0 Å². The van der Waals surface area contributed by atoms with Crippen molar-refractivity contribution < 1.29 is 4.39 Å². The molecule has 0 heterocycles. The molecule has 1 aliphatic carbocycles. The highest BCUT2D eigenvalue weighted by atomic mass is 79.9. The number of rotatable bonds is 5. The van der Waals surface area contributed by atoms with Crippen LogP contribution in [0, 0.1) is 11.7 Å². The van der Waals surface area contributed by atoms with E-state index >= 15 is 0 Å². The molecule has 0 bridgehead atoms. The fourth-order valence-electron chi connectivity index (χ4n) is 1.83. The van der Waals surface area contributed by atoms with Crippen molar-refractivity contribution in [2.24, 2.45) is 5.92 Å². The fraction of sp³-hybridized carbons (Fsp3) is 0.538. The minimum absolute atomic E-state index is 0.185. The average molecular weight is 321 g/mol. The summed E-state index contributed by atoms with van der Waals surface area (Å²) in [6.07, 6.45) is 3.29. The van der Waals surface area contributed by atoms with Gasteiger partial charge in [0.05, 0.1) is 5.02 Å². The molecule has 1 aromatic rings. The molecule has 0 aromatic heterocycles. The lowest BCUT2D eigenvalue weighted by Gasteiger charge is -2.13. The summed E-state index contributed by atoms with van der Waals surface area (Å²) in [6.45, 7) is 3.07. The quantitative estimate of drug-likeness (QED) is 0.803. The van der Waals surface area contributed by atoms with Crippen LogP contribution in [0.4, 0.5) is 4.39 Å². The maximum Gasteiger partial charge on any atom is 0.146 e. The molecular weight excluding hydrogens is 305 g/mol. The van der Waals surface area contributed by atoms with Crippen molar-refractivity contribution in [3.05, 3.63) is 33.0 Å². The number of benzene rings is 1. The molecule has 0 saturated heterocycles. The first-order chi connectivity index (χ1) is 8.08. The van der Waals surface area contributed by atoms with Crippen LogP contribution in [0.5, 0.6) is 0 Å². The van der Waals surface area contributed by atoms with Gasteiger partial charge in [-0.15, -0.1) is 0 Å². The molecule has 17 heavy (non-hydrogen) atoms. The van der Waals surface area contributed by atoms with Crippen molar-refractivity contribution >= 4 is 27.5 Å². The van der Waals surface area contributed by atoms with Crippen LogP contribution in [-0.2, 0) is 6.42 Å². The van der Waals surface area contributed by atoms with Gasteiger partial charge < -0.3 is 5.32 Å². The molecule has 1 saturated carbocycles. The summed E-state index contributed by atoms with van der Waals surface area (Å²) in [5.74, 6) is 0.127. The van der Waals surface area contributed by atoms with E-state index in [9.17, 15) is 4.39 Å². The molecule has 1 fully saturated rings. The monoisotopic (exact) mass is 319 g/mol. The summed E-state index contributed by atoms with van der Waals surface area (Å²) < 4.78 is 14.5. The SMILES string of the molecule is CC(CNC1CC1)Cc1ccc(Br)c(Cl)c1F. The van der Waals surface area contributed by atoms with Crippen molar-refractivity contribution in [1.82, 2.24) is 5.32 Å². The van der Waals surface area contributed by atoms with E-state index in [-0.39, 0.29) is 10.8 Å². The van der Waals surface area contributed by atoms with E-state index in [1.54, 1.807) is 6.07 Å². The molecule has 1 aliphatic rings. The zero-order valence-electron chi connectivity index (χ0n) is 9.77. The normalized spacial score (nSPS) is 17.2. The van der Waals surface area contributed by atoms with Crippen LogP contribution < -0.4 is 5.32 Å². The van der Waals surface area contributed by atoms with Gasteiger partial charge in [0.1, 0.15) is 5.82 Å². The molecule has 2 rings (SSSR count). The molecule has 0 spiro atoms. The lowest BCUT2D eigenvalue weighted by atomic mass is 10.0. The summed E-state index contributed by atoms with van der Waals surface area (Å²) in [6, 6.07) is 4.32. The van der Waals surface area contributed by atoms with Gasteiger partial charge in [-0.3, -0.25) is 0 Å². The van der Waals surface area contributed by atoms with Gasteiger partial charge in [-0.25, -0.2) is 4.39 Å². The van der Waals surface area contributed by atoms with Crippen molar-refractivity contribution in [1.29, 1.82) is 0 Å². The van der Waals surface area contributed by atoms with Crippen molar-refractivity contribution in [2.45, 2.75) is 32.2 Å². The van der Waals surface area contributed by atoms with Gasteiger partial charge in [-0.05, 0) is 59.3 Å². The highest BCUT2D eigenvalue weighted by molar-refractivity contribution is 9.10. The molecular formula is C13H16BrClFN. The minimum Gasteiger partial charge on any atom is -0.314 e. The Kier molecular flexibility index (Phi) is 4.45. The Labute approximate surface area is 115 Å². The van der Waals surface area contributed by atoms with E-state index in [0.29, 0.717) is 22.0 Å². The number of hydrogen-bond donors (Lipinski definition) is 1. The van der Waals surface area contributed by atoms with Crippen LogP contribution in [-0.4, -0.2) is 12.6 Å². The van der Waals surface area contributed by atoms with Crippen LogP contribution in [0.1, 0.15) is 25.3 Å². The smallest absolute Gasteiger partial charge is 0.146 e. The average Bonchev–Trinajstić information content (AvgIpc) is 3.11. The topological polar surface area (TPSA) is 12.0 Å². The largest absolute Gasteiger partial charge is 0.314 e. The third-order valence-electron chi connectivity index (χ3n) is 3.02. The number of hydrogen-bond acceptors (Lipinski definition) is 1. The highest BCUT2D eigenvalue weighted by Crippen LogP contribution is 2.28. The molecule has 0 aliphatic heterocycles.